The van der Waals surface area contributed by atoms with Crippen LogP contribution in [0.3, 0.4) is 0 Å². The van der Waals surface area contributed by atoms with Crippen molar-refractivity contribution in [3.8, 4) is 11.3 Å². The summed E-state index contributed by atoms with van der Waals surface area (Å²) in [5.41, 5.74) is 6.65. The number of anilines is 3. The summed E-state index contributed by atoms with van der Waals surface area (Å²) < 4.78 is 7.48. The summed E-state index contributed by atoms with van der Waals surface area (Å²) in [5, 5.41) is 3.49. The first-order valence-corrected chi connectivity index (χ1v) is 10.5. The van der Waals surface area contributed by atoms with Crippen molar-refractivity contribution in [3.05, 3.63) is 78.6 Å². The summed E-state index contributed by atoms with van der Waals surface area (Å²) in [4.78, 5) is 18.7. The molecule has 1 aliphatic rings. The number of carbonyl (C=O) groups is 1. The van der Waals surface area contributed by atoms with Crippen molar-refractivity contribution >= 4 is 28.5 Å². The van der Waals surface area contributed by atoms with Crippen molar-refractivity contribution in [2.75, 3.05) is 36.5 Å². The van der Waals surface area contributed by atoms with Gasteiger partial charge in [0.1, 0.15) is 0 Å². The SMILES string of the molecule is CC(=O)c1cccc(-c2ccc(Nc3ccc(N4CCOCC4)cc3)c3nccn23)c1. The molecule has 156 valence electrons. The molecule has 0 aliphatic carbocycles. The van der Waals surface area contributed by atoms with E-state index < -0.39 is 0 Å². The third-order valence-corrected chi connectivity index (χ3v) is 5.64. The second-order valence-corrected chi connectivity index (χ2v) is 7.66. The van der Waals surface area contributed by atoms with Crippen molar-refractivity contribution < 1.29 is 9.53 Å². The smallest absolute Gasteiger partial charge is 0.161 e. The number of rotatable bonds is 5. The number of Topliss-reactive ketones (excluding diaryl/α,β-unsaturated/α-hetero) is 1. The van der Waals surface area contributed by atoms with Crippen LogP contribution in [-0.4, -0.2) is 41.5 Å². The first kappa shape index (κ1) is 19.3. The maximum absolute atomic E-state index is 11.8. The number of nitrogens with zero attached hydrogens (tertiary/aromatic N) is 3. The lowest BCUT2D eigenvalue weighted by atomic mass is 10.0. The molecule has 1 aliphatic heterocycles. The summed E-state index contributed by atoms with van der Waals surface area (Å²) in [7, 11) is 0. The molecule has 0 amide bonds. The first-order valence-electron chi connectivity index (χ1n) is 10.5. The summed E-state index contributed by atoms with van der Waals surface area (Å²) in [6.07, 6.45) is 3.73. The van der Waals surface area contributed by atoms with Crippen LogP contribution in [0.15, 0.2) is 73.1 Å². The molecule has 6 heteroatoms. The molecule has 2 aromatic carbocycles. The topological polar surface area (TPSA) is 58.9 Å². The van der Waals surface area contributed by atoms with Crippen molar-refractivity contribution in [1.82, 2.24) is 9.38 Å². The number of aromatic nitrogens is 2. The Bertz CT molecular complexity index is 1220. The Morgan fingerprint density at radius 2 is 1.84 bits per heavy atom. The molecule has 0 radical (unpaired) electrons. The summed E-state index contributed by atoms with van der Waals surface area (Å²) >= 11 is 0. The zero-order valence-corrected chi connectivity index (χ0v) is 17.4. The maximum atomic E-state index is 11.8. The highest BCUT2D eigenvalue weighted by Gasteiger charge is 2.12. The second kappa shape index (κ2) is 8.24. The highest BCUT2D eigenvalue weighted by molar-refractivity contribution is 5.95. The summed E-state index contributed by atoms with van der Waals surface area (Å²) in [5.74, 6) is 0.0579. The Balaban J connectivity index is 1.43. The van der Waals surface area contributed by atoms with E-state index in [-0.39, 0.29) is 5.78 Å². The Hall–Kier alpha value is -3.64. The molecule has 0 saturated carbocycles. The molecule has 0 unspecified atom stereocenters. The van der Waals surface area contributed by atoms with Crippen molar-refractivity contribution in [2.24, 2.45) is 0 Å². The van der Waals surface area contributed by atoms with Crippen LogP contribution in [0.25, 0.3) is 16.9 Å². The Morgan fingerprint density at radius 1 is 1.03 bits per heavy atom. The van der Waals surface area contributed by atoms with Gasteiger partial charge in [0.25, 0.3) is 0 Å². The molecule has 1 saturated heterocycles. The van der Waals surface area contributed by atoms with Crippen LogP contribution in [0.5, 0.6) is 0 Å². The van der Waals surface area contributed by atoms with E-state index >= 15 is 0 Å². The van der Waals surface area contributed by atoms with Gasteiger partial charge in [-0.15, -0.1) is 0 Å². The minimum atomic E-state index is 0.0579. The van der Waals surface area contributed by atoms with Crippen LogP contribution in [-0.2, 0) is 4.74 Å². The largest absolute Gasteiger partial charge is 0.378 e. The van der Waals surface area contributed by atoms with E-state index in [0.717, 1.165) is 54.6 Å². The molecule has 0 spiro atoms. The van der Waals surface area contributed by atoms with Gasteiger partial charge in [0, 0.05) is 42.4 Å². The molecular formula is C25H24N4O2. The monoisotopic (exact) mass is 412 g/mol. The van der Waals surface area contributed by atoms with Gasteiger partial charge >= 0.3 is 0 Å². The van der Waals surface area contributed by atoms with E-state index in [9.17, 15) is 4.79 Å². The lowest BCUT2D eigenvalue weighted by Crippen LogP contribution is -2.36. The van der Waals surface area contributed by atoms with Crippen LogP contribution >= 0.6 is 0 Å². The predicted octanol–water partition coefficient (Wildman–Crippen LogP) is 4.78. The van der Waals surface area contributed by atoms with Gasteiger partial charge in [-0.2, -0.15) is 0 Å². The number of nitrogens with one attached hydrogen (secondary N) is 1. The fourth-order valence-corrected chi connectivity index (χ4v) is 3.98. The van der Waals surface area contributed by atoms with Gasteiger partial charge in [-0.05, 0) is 55.0 Å². The number of benzene rings is 2. The second-order valence-electron chi connectivity index (χ2n) is 7.66. The molecule has 2 aromatic heterocycles. The highest BCUT2D eigenvalue weighted by atomic mass is 16.5. The normalized spacial score (nSPS) is 14.0. The first-order chi connectivity index (χ1) is 15.2. The molecule has 31 heavy (non-hydrogen) atoms. The van der Waals surface area contributed by atoms with E-state index in [1.165, 1.54) is 5.69 Å². The molecular weight excluding hydrogens is 388 g/mol. The average Bonchev–Trinajstić information content (AvgIpc) is 3.31. The molecule has 5 rings (SSSR count). The molecule has 4 aromatic rings. The lowest BCUT2D eigenvalue weighted by molar-refractivity contribution is 0.101. The van der Waals surface area contributed by atoms with Crippen LogP contribution in [0, 0.1) is 0 Å². The van der Waals surface area contributed by atoms with Crippen molar-refractivity contribution in [3.63, 3.8) is 0 Å². The highest BCUT2D eigenvalue weighted by Crippen LogP contribution is 2.29. The average molecular weight is 412 g/mol. The standard InChI is InChI=1S/C25H24N4O2/c1-18(30)19-3-2-4-20(17-19)24-10-9-23(25-26-11-12-29(24)25)27-21-5-7-22(8-6-21)28-13-15-31-16-14-28/h2-12,17,27H,13-16H2,1H3. The number of hydrogen-bond donors (Lipinski definition) is 1. The fourth-order valence-electron chi connectivity index (χ4n) is 3.98. The number of hydrogen-bond acceptors (Lipinski definition) is 5. The van der Waals surface area contributed by atoms with Crippen LogP contribution < -0.4 is 10.2 Å². The predicted molar refractivity (Wildman–Crippen MR) is 123 cm³/mol. The van der Waals surface area contributed by atoms with Gasteiger partial charge < -0.3 is 15.0 Å². The van der Waals surface area contributed by atoms with Gasteiger partial charge in [-0.3, -0.25) is 9.20 Å². The van der Waals surface area contributed by atoms with E-state index in [1.807, 2.05) is 40.9 Å². The number of carbonyl (C=O) groups excluding carboxylic acids is 1. The summed E-state index contributed by atoms with van der Waals surface area (Å²) in [6, 6.07) is 20.2. The zero-order valence-electron chi connectivity index (χ0n) is 17.4. The third kappa shape index (κ3) is 3.90. The van der Waals surface area contributed by atoms with Crippen molar-refractivity contribution in [2.45, 2.75) is 6.92 Å². The Labute approximate surface area is 181 Å². The van der Waals surface area contributed by atoms with Crippen LogP contribution in [0.4, 0.5) is 17.1 Å². The fraction of sp³-hybridized carbons (Fsp3) is 0.200. The molecule has 1 fully saturated rings. The van der Waals surface area contributed by atoms with Gasteiger partial charge in [0.15, 0.2) is 11.4 Å². The van der Waals surface area contributed by atoms with E-state index in [4.69, 9.17) is 4.74 Å². The molecule has 0 bridgehead atoms. The number of morpholine rings is 1. The van der Waals surface area contributed by atoms with E-state index in [0.29, 0.717) is 5.56 Å². The Kier molecular flexibility index (Phi) is 5.14. The van der Waals surface area contributed by atoms with Crippen LogP contribution in [0.2, 0.25) is 0 Å². The third-order valence-electron chi connectivity index (χ3n) is 5.64. The van der Waals surface area contributed by atoms with Crippen LogP contribution in [0.1, 0.15) is 17.3 Å². The number of pyridine rings is 1. The quantitative estimate of drug-likeness (QED) is 0.478. The Morgan fingerprint density at radius 3 is 2.61 bits per heavy atom. The number of ketones is 1. The molecule has 1 N–H and O–H groups in total. The van der Waals surface area contributed by atoms with Gasteiger partial charge in [-0.25, -0.2) is 4.98 Å². The van der Waals surface area contributed by atoms with E-state index in [2.05, 4.69) is 45.5 Å². The van der Waals surface area contributed by atoms with Gasteiger partial charge in [-0.1, -0.05) is 18.2 Å². The maximum Gasteiger partial charge on any atom is 0.161 e. The molecule has 0 atom stereocenters. The number of imidazole rings is 1. The molecule has 3 heterocycles. The molecule has 6 nitrogen and oxygen atoms in total. The van der Waals surface area contributed by atoms with Gasteiger partial charge in [0.05, 0.1) is 24.6 Å². The minimum absolute atomic E-state index is 0.0579. The zero-order chi connectivity index (χ0) is 21.2. The minimum Gasteiger partial charge on any atom is -0.378 e. The van der Waals surface area contributed by atoms with Crippen molar-refractivity contribution in [1.29, 1.82) is 0 Å². The lowest BCUT2D eigenvalue weighted by Gasteiger charge is -2.29. The van der Waals surface area contributed by atoms with E-state index in [1.54, 1.807) is 13.1 Å². The number of fused-ring (bicyclic) bond motifs is 1. The van der Waals surface area contributed by atoms with Gasteiger partial charge in [0.2, 0.25) is 0 Å². The number of ether oxygens (including phenoxy) is 1. The summed E-state index contributed by atoms with van der Waals surface area (Å²) in [6.45, 7) is 4.99.